The van der Waals surface area contributed by atoms with Crippen LogP contribution >= 0.6 is 27.3 Å². The topological polar surface area (TPSA) is 46.2 Å². The fourth-order valence-electron chi connectivity index (χ4n) is 1.75. The number of benzene rings is 1. The van der Waals surface area contributed by atoms with E-state index in [1.807, 2.05) is 31.2 Å². The van der Waals surface area contributed by atoms with Crippen molar-refractivity contribution in [3.05, 3.63) is 56.2 Å². The van der Waals surface area contributed by atoms with Crippen molar-refractivity contribution in [2.45, 2.75) is 19.9 Å². The van der Waals surface area contributed by atoms with Gasteiger partial charge in [-0.1, -0.05) is 28.1 Å². The second kappa shape index (κ2) is 6.33. The van der Waals surface area contributed by atoms with Crippen molar-refractivity contribution in [2.75, 3.05) is 0 Å². The molecule has 0 bridgehead atoms. The van der Waals surface area contributed by atoms with E-state index in [1.165, 1.54) is 18.3 Å². The van der Waals surface area contributed by atoms with Gasteiger partial charge in [0.25, 0.3) is 5.91 Å². The number of Topliss-reactive ketones (excluding diaryl/α,β-unsaturated/α-hetero) is 1. The standard InChI is InChI=1S/C15H14BrNO2S/c1-9(11-3-5-12(16)6-4-11)17-15(19)14-8-7-13(20-14)10(2)18/h3-9H,1-2H3,(H,17,19)/t9-/m0/s1. The average molecular weight is 352 g/mol. The van der Waals surface area contributed by atoms with Gasteiger partial charge >= 0.3 is 0 Å². The highest BCUT2D eigenvalue weighted by atomic mass is 79.9. The Morgan fingerprint density at radius 2 is 1.70 bits per heavy atom. The maximum atomic E-state index is 12.1. The van der Waals surface area contributed by atoms with Gasteiger partial charge in [-0.2, -0.15) is 0 Å². The molecule has 0 fully saturated rings. The van der Waals surface area contributed by atoms with E-state index in [1.54, 1.807) is 12.1 Å². The number of nitrogens with one attached hydrogen (secondary N) is 1. The van der Waals surface area contributed by atoms with E-state index in [0.717, 1.165) is 10.0 Å². The number of carbonyl (C=O) groups is 2. The minimum Gasteiger partial charge on any atom is -0.345 e. The zero-order valence-corrected chi connectivity index (χ0v) is 13.5. The maximum Gasteiger partial charge on any atom is 0.261 e. The van der Waals surface area contributed by atoms with E-state index < -0.39 is 0 Å². The van der Waals surface area contributed by atoms with Gasteiger partial charge in [-0.15, -0.1) is 11.3 Å². The number of rotatable bonds is 4. The summed E-state index contributed by atoms with van der Waals surface area (Å²) >= 11 is 4.60. The first-order valence-corrected chi connectivity index (χ1v) is 7.75. The lowest BCUT2D eigenvalue weighted by Gasteiger charge is -2.13. The predicted molar refractivity (Wildman–Crippen MR) is 84.3 cm³/mol. The summed E-state index contributed by atoms with van der Waals surface area (Å²) in [4.78, 5) is 24.5. The van der Waals surface area contributed by atoms with Crippen LogP contribution in [0.15, 0.2) is 40.9 Å². The van der Waals surface area contributed by atoms with Crippen molar-refractivity contribution >= 4 is 39.0 Å². The molecule has 3 nitrogen and oxygen atoms in total. The van der Waals surface area contributed by atoms with Crippen LogP contribution < -0.4 is 5.32 Å². The molecule has 0 aliphatic heterocycles. The summed E-state index contributed by atoms with van der Waals surface area (Å²) in [6.07, 6.45) is 0. The molecule has 104 valence electrons. The minimum atomic E-state index is -0.155. The molecule has 20 heavy (non-hydrogen) atoms. The van der Waals surface area contributed by atoms with E-state index in [0.29, 0.717) is 9.75 Å². The number of ketones is 1. The third-order valence-electron chi connectivity index (χ3n) is 2.89. The van der Waals surface area contributed by atoms with Crippen LogP contribution in [0.4, 0.5) is 0 Å². The van der Waals surface area contributed by atoms with Crippen molar-refractivity contribution < 1.29 is 9.59 Å². The first-order chi connectivity index (χ1) is 9.47. The lowest BCUT2D eigenvalue weighted by atomic mass is 10.1. The van der Waals surface area contributed by atoms with E-state index >= 15 is 0 Å². The summed E-state index contributed by atoms with van der Waals surface area (Å²) in [6.45, 7) is 3.43. The third kappa shape index (κ3) is 3.55. The van der Waals surface area contributed by atoms with Gasteiger partial charge in [0.05, 0.1) is 15.8 Å². The van der Waals surface area contributed by atoms with Gasteiger partial charge in [0.2, 0.25) is 0 Å². The van der Waals surface area contributed by atoms with Crippen molar-refractivity contribution in [1.29, 1.82) is 0 Å². The molecule has 0 aliphatic rings. The van der Waals surface area contributed by atoms with Crippen LogP contribution in [0.25, 0.3) is 0 Å². The molecule has 1 aromatic heterocycles. The molecule has 0 aliphatic carbocycles. The minimum absolute atomic E-state index is 0.0185. The summed E-state index contributed by atoms with van der Waals surface area (Å²) in [5, 5.41) is 2.93. The van der Waals surface area contributed by atoms with Crippen LogP contribution in [0.3, 0.4) is 0 Å². The Kier molecular flexibility index (Phi) is 4.73. The Morgan fingerprint density at radius 1 is 1.10 bits per heavy atom. The lowest BCUT2D eigenvalue weighted by molar-refractivity contribution is 0.0943. The zero-order valence-electron chi connectivity index (χ0n) is 11.1. The molecule has 5 heteroatoms. The van der Waals surface area contributed by atoms with Gasteiger partial charge in [-0.05, 0) is 43.7 Å². The van der Waals surface area contributed by atoms with Crippen molar-refractivity contribution in [3.8, 4) is 0 Å². The molecule has 2 rings (SSSR count). The van der Waals surface area contributed by atoms with Crippen LogP contribution in [-0.4, -0.2) is 11.7 Å². The molecule has 2 aromatic rings. The van der Waals surface area contributed by atoms with Crippen molar-refractivity contribution in [2.24, 2.45) is 0 Å². The van der Waals surface area contributed by atoms with Gasteiger partial charge in [-0.3, -0.25) is 9.59 Å². The van der Waals surface area contributed by atoms with Crippen LogP contribution in [0.1, 0.15) is 44.8 Å². The summed E-state index contributed by atoms with van der Waals surface area (Å²) in [7, 11) is 0. The quantitative estimate of drug-likeness (QED) is 0.838. The smallest absolute Gasteiger partial charge is 0.261 e. The Labute approximate surface area is 130 Å². The molecule has 1 amide bonds. The molecular weight excluding hydrogens is 338 g/mol. The van der Waals surface area contributed by atoms with E-state index in [4.69, 9.17) is 0 Å². The number of thiophene rings is 1. The summed E-state index contributed by atoms with van der Waals surface area (Å²) < 4.78 is 1.00. The third-order valence-corrected chi connectivity index (χ3v) is 4.61. The Hall–Kier alpha value is -1.46. The van der Waals surface area contributed by atoms with Crippen LogP contribution in [-0.2, 0) is 0 Å². The molecule has 0 radical (unpaired) electrons. The van der Waals surface area contributed by atoms with Gasteiger partial charge in [0.15, 0.2) is 5.78 Å². The fraction of sp³-hybridized carbons (Fsp3) is 0.200. The number of carbonyl (C=O) groups excluding carboxylic acids is 2. The van der Waals surface area contributed by atoms with Gasteiger partial charge in [0, 0.05) is 4.47 Å². The van der Waals surface area contributed by atoms with E-state index in [9.17, 15) is 9.59 Å². The Bertz CT molecular complexity index is 634. The van der Waals surface area contributed by atoms with Gasteiger partial charge < -0.3 is 5.32 Å². The fourth-order valence-corrected chi connectivity index (χ4v) is 2.82. The number of hydrogen-bond donors (Lipinski definition) is 1. The van der Waals surface area contributed by atoms with Crippen LogP contribution in [0.5, 0.6) is 0 Å². The molecule has 0 unspecified atom stereocenters. The molecule has 1 N–H and O–H groups in total. The van der Waals surface area contributed by atoms with Gasteiger partial charge in [0.1, 0.15) is 0 Å². The second-order valence-corrected chi connectivity index (χ2v) is 6.47. The molecule has 0 saturated heterocycles. The largest absolute Gasteiger partial charge is 0.345 e. The summed E-state index contributed by atoms with van der Waals surface area (Å²) in [6, 6.07) is 11.1. The molecule has 0 saturated carbocycles. The Morgan fingerprint density at radius 3 is 2.25 bits per heavy atom. The highest BCUT2D eigenvalue weighted by molar-refractivity contribution is 9.10. The molecule has 0 spiro atoms. The van der Waals surface area contributed by atoms with Gasteiger partial charge in [-0.25, -0.2) is 0 Å². The maximum absolute atomic E-state index is 12.1. The highest BCUT2D eigenvalue weighted by Gasteiger charge is 2.14. The van der Waals surface area contributed by atoms with E-state index in [-0.39, 0.29) is 17.7 Å². The predicted octanol–water partition coefficient (Wildman–Crippen LogP) is 4.20. The number of amides is 1. The molecule has 1 aromatic carbocycles. The monoisotopic (exact) mass is 351 g/mol. The first kappa shape index (κ1) is 14.9. The second-order valence-electron chi connectivity index (χ2n) is 4.47. The van der Waals surface area contributed by atoms with Crippen LogP contribution in [0.2, 0.25) is 0 Å². The van der Waals surface area contributed by atoms with E-state index in [2.05, 4.69) is 21.2 Å². The lowest BCUT2D eigenvalue weighted by Crippen LogP contribution is -2.25. The molecule has 1 atom stereocenters. The summed E-state index contributed by atoms with van der Waals surface area (Å²) in [5.74, 6) is -0.173. The average Bonchev–Trinajstić information content (AvgIpc) is 2.89. The Balaban J connectivity index is 2.06. The number of hydrogen-bond acceptors (Lipinski definition) is 3. The SMILES string of the molecule is CC(=O)c1ccc(C(=O)N[C@@H](C)c2ccc(Br)cc2)s1. The zero-order chi connectivity index (χ0) is 14.7. The van der Waals surface area contributed by atoms with Crippen LogP contribution in [0, 0.1) is 0 Å². The van der Waals surface area contributed by atoms with Crippen molar-refractivity contribution in [1.82, 2.24) is 5.32 Å². The first-order valence-electron chi connectivity index (χ1n) is 6.14. The highest BCUT2D eigenvalue weighted by Crippen LogP contribution is 2.20. The normalized spacial score (nSPS) is 11.9. The molecule has 1 heterocycles. The molecular formula is C15H14BrNO2S. The van der Waals surface area contributed by atoms with Crippen molar-refractivity contribution in [3.63, 3.8) is 0 Å². The number of halogens is 1. The summed E-state index contributed by atoms with van der Waals surface area (Å²) in [5.41, 5.74) is 1.03.